The van der Waals surface area contributed by atoms with Crippen LogP contribution in [0.1, 0.15) is 10.4 Å². The van der Waals surface area contributed by atoms with E-state index in [2.05, 4.69) is 5.32 Å². The minimum atomic E-state index is 0.586. The van der Waals surface area contributed by atoms with Crippen LogP contribution in [0.5, 0.6) is 5.75 Å². The van der Waals surface area contributed by atoms with Gasteiger partial charge in [0, 0.05) is 18.0 Å². The second kappa shape index (κ2) is 7.15. The Labute approximate surface area is 127 Å². The van der Waals surface area contributed by atoms with Crippen LogP contribution >= 0.6 is 34.5 Å². The highest BCUT2D eigenvalue weighted by molar-refractivity contribution is 7.16. The highest BCUT2D eigenvalue weighted by Crippen LogP contribution is 2.25. The molecule has 0 amide bonds. The largest absolute Gasteiger partial charge is 0.491 e. The zero-order valence-corrected chi connectivity index (χ0v) is 12.9. The molecule has 0 saturated heterocycles. The van der Waals surface area contributed by atoms with Gasteiger partial charge in [-0.1, -0.05) is 29.3 Å². The number of thiophene rings is 1. The Kier molecular flexibility index (Phi) is 5.52. The van der Waals surface area contributed by atoms with Crippen molar-refractivity contribution in [1.29, 1.82) is 0 Å². The summed E-state index contributed by atoms with van der Waals surface area (Å²) in [6, 6.07) is 9.70. The SMILES string of the molecule is Cc1ccc(Cl)c(OCCNCc2ccc(Cl)s2)c1. The minimum absolute atomic E-state index is 0.586. The molecule has 0 aliphatic carbocycles. The molecular formula is C14H15Cl2NOS. The van der Waals surface area contributed by atoms with Crippen molar-refractivity contribution in [3.8, 4) is 5.75 Å². The lowest BCUT2D eigenvalue weighted by Gasteiger charge is -2.09. The normalized spacial score (nSPS) is 10.7. The van der Waals surface area contributed by atoms with Gasteiger partial charge in [-0.2, -0.15) is 0 Å². The smallest absolute Gasteiger partial charge is 0.138 e. The highest BCUT2D eigenvalue weighted by Gasteiger charge is 2.01. The second-order valence-electron chi connectivity index (χ2n) is 4.16. The average molecular weight is 316 g/mol. The van der Waals surface area contributed by atoms with Crippen molar-refractivity contribution >= 4 is 34.5 Å². The summed E-state index contributed by atoms with van der Waals surface area (Å²) >= 11 is 13.5. The number of hydrogen-bond acceptors (Lipinski definition) is 3. The number of rotatable bonds is 6. The summed E-state index contributed by atoms with van der Waals surface area (Å²) in [6.07, 6.45) is 0. The molecule has 0 atom stereocenters. The van der Waals surface area contributed by atoms with Crippen LogP contribution in [-0.2, 0) is 6.54 Å². The molecule has 2 nitrogen and oxygen atoms in total. The van der Waals surface area contributed by atoms with Gasteiger partial charge in [-0.3, -0.25) is 0 Å². The van der Waals surface area contributed by atoms with Gasteiger partial charge in [0.25, 0.3) is 0 Å². The molecule has 0 radical (unpaired) electrons. The summed E-state index contributed by atoms with van der Waals surface area (Å²) in [5, 5.41) is 3.95. The van der Waals surface area contributed by atoms with Crippen LogP contribution < -0.4 is 10.1 Å². The van der Waals surface area contributed by atoms with Gasteiger partial charge in [-0.15, -0.1) is 11.3 Å². The van der Waals surface area contributed by atoms with Crippen LogP contribution in [0.15, 0.2) is 30.3 Å². The third-order valence-electron chi connectivity index (χ3n) is 2.55. The van der Waals surface area contributed by atoms with E-state index in [0.717, 1.165) is 28.7 Å². The maximum absolute atomic E-state index is 6.05. The predicted molar refractivity (Wildman–Crippen MR) is 82.7 cm³/mol. The Morgan fingerprint density at radius 1 is 1.21 bits per heavy atom. The molecule has 1 heterocycles. The Balaban J connectivity index is 1.70. The Bertz CT molecular complexity index is 542. The Hall–Kier alpha value is -0.740. The summed E-state index contributed by atoms with van der Waals surface area (Å²) in [5.41, 5.74) is 1.14. The number of benzene rings is 1. The molecule has 1 aromatic carbocycles. The van der Waals surface area contributed by atoms with Crippen molar-refractivity contribution in [1.82, 2.24) is 5.32 Å². The molecular weight excluding hydrogens is 301 g/mol. The fourth-order valence-corrected chi connectivity index (χ4v) is 2.84. The third-order valence-corrected chi connectivity index (χ3v) is 4.09. The summed E-state index contributed by atoms with van der Waals surface area (Å²) < 4.78 is 6.46. The van der Waals surface area contributed by atoms with Crippen molar-refractivity contribution in [2.75, 3.05) is 13.2 Å². The fourth-order valence-electron chi connectivity index (χ4n) is 1.61. The molecule has 2 aromatic rings. The maximum Gasteiger partial charge on any atom is 0.138 e. The van der Waals surface area contributed by atoms with Crippen molar-refractivity contribution in [2.45, 2.75) is 13.5 Å². The van der Waals surface area contributed by atoms with E-state index in [4.69, 9.17) is 27.9 Å². The molecule has 0 unspecified atom stereocenters. The van der Waals surface area contributed by atoms with E-state index in [9.17, 15) is 0 Å². The first-order valence-corrected chi connectivity index (χ1v) is 7.56. The standard InChI is InChI=1S/C14H15Cl2NOS/c1-10-2-4-12(15)13(8-10)18-7-6-17-9-11-3-5-14(16)19-11/h2-5,8,17H,6-7,9H2,1H3. The van der Waals surface area contributed by atoms with Gasteiger partial charge in [-0.05, 0) is 36.8 Å². The quantitative estimate of drug-likeness (QED) is 0.791. The number of aryl methyl sites for hydroxylation is 1. The van der Waals surface area contributed by atoms with Gasteiger partial charge in [0.1, 0.15) is 12.4 Å². The lowest BCUT2D eigenvalue weighted by atomic mass is 10.2. The number of halogens is 2. The minimum Gasteiger partial charge on any atom is -0.491 e. The Morgan fingerprint density at radius 2 is 2.05 bits per heavy atom. The topological polar surface area (TPSA) is 21.3 Å². The zero-order chi connectivity index (χ0) is 13.7. The summed E-state index contributed by atoms with van der Waals surface area (Å²) in [7, 11) is 0. The van der Waals surface area contributed by atoms with E-state index in [1.807, 2.05) is 37.3 Å². The monoisotopic (exact) mass is 315 g/mol. The van der Waals surface area contributed by atoms with Crippen LogP contribution in [0, 0.1) is 6.92 Å². The summed E-state index contributed by atoms with van der Waals surface area (Å²) in [6.45, 7) is 4.17. The van der Waals surface area contributed by atoms with E-state index in [-0.39, 0.29) is 0 Å². The van der Waals surface area contributed by atoms with Crippen molar-refractivity contribution in [3.63, 3.8) is 0 Å². The van der Waals surface area contributed by atoms with Crippen LogP contribution in [0.4, 0.5) is 0 Å². The highest BCUT2D eigenvalue weighted by atomic mass is 35.5. The molecule has 0 aliphatic rings. The van der Waals surface area contributed by atoms with Gasteiger partial charge in [-0.25, -0.2) is 0 Å². The lowest BCUT2D eigenvalue weighted by Crippen LogP contribution is -2.20. The van der Waals surface area contributed by atoms with E-state index in [0.29, 0.717) is 11.6 Å². The number of hydrogen-bond donors (Lipinski definition) is 1. The van der Waals surface area contributed by atoms with E-state index < -0.39 is 0 Å². The second-order valence-corrected chi connectivity index (χ2v) is 6.37. The molecule has 2 rings (SSSR count). The van der Waals surface area contributed by atoms with Crippen LogP contribution in [0.25, 0.3) is 0 Å². The lowest BCUT2D eigenvalue weighted by molar-refractivity contribution is 0.314. The van der Waals surface area contributed by atoms with Gasteiger partial charge >= 0.3 is 0 Å². The molecule has 0 spiro atoms. The van der Waals surface area contributed by atoms with Crippen molar-refractivity contribution < 1.29 is 4.74 Å². The van der Waals surface area contributed by atoms with Crippen LogP contribution in [0.2, 0.25) is 9.36 Å². The first kappa shape index (κ1) is 14.7. The van der Waals surface area contributed by atoms with Gasteiger partial charge < -0.3 is 10.1 Å². The van der Waals surface area contributed by atoms with E-state index >= 15 is 0 Å². The first-order chi connectivity index (χ1) is 9.15. The molecule has 102 valence electrons. The maximum atomic E-state index is 6.05. The van der Waals surface area contributed by atoms with Crippen LogP contribution in [-0.4, -0.2) is 13.2 Å². The molecule has 1 N–H and O–H groups in total. The zero-order valence-electron chi connectivity index (χ0n) is 10.6. The molecule has 0 bridgehead atoms. The Morgan fingerprint density at radius 3 is 2.79 bits per heavy atom. The van der Waals surface area contributed by atoms with E-state index in [1.165, 1.54) is 4.88 Å². The van der Waals surface area contributed by atoms with Crippen molar-refractivity contribution in [3.05, 3.63) is 50.1 Å². The number of ether oxygens (including phenoxy) is 1. The first-order valence-electron chi connectivity index (χ1n) is 5.99. The number of nitrogens with one attached hydrogen (secondary N) is 1. The summed E-state index contributed by atoms with van der Waals surface area (Å²) in [5.74, 6) is 0.739. The summed E-state index contributed by atoms with van der Waals surface area (Å²) in [4.78, 5) is 1.22. The molecule has 0 saturated carbocycles. The van der Waals surface area contributed by atoms with Gasteiger partial charge in [0.2, 0.25) is 0 Å². The predicted octanol–water partition coefficient (Wildman–Crippen LogP) is 4.53. The molecule has 19 heavy (non-hydrogen) atoms. The molecule has 0 fully saturated rings. The third kappa shape index (κ3) is 4.69. The van der Waals surface area contributed by atoms with Crippen molar-refractivity contribution in [2.24, 2.45) is 0 Å². The van der Waals surface area contributed by atoms with Gasteiger partial charge in [0.15, 0.2) is 0 Å². The fraction of sp³-hybridized carbons (Fsp3) is 0.286. The molecule has 0 aliphatic heterocycles. The van der Waals surface area contributed by atoms with Crippen LogP contribution in [0.3, 0.4) is 0 Å². The average Bonchev–Trinajstić information content (AvgIpc) is 2.79. The molecule has 5 heteroatoms. The van der Waals surface area contributed by atoms with E-state index in [1.54, 1.807) is 11.3 Å². The molecule has 1 aromatic heterocycles. The van der Waals surface area contributed by atoms with Gasteiger partial charge in [0.05, 0.1) is 9.36 Å².